The number of benzene rings is 1. The molecule has 2 heterocycles. The van der Waals surface area contributed by atoms with Gasteiger partial charge in [-0.3, -0.25) is 9.69 Å². The summed E-state index contributed by atoms with van der Waals surface area (Å²) >= 11 is 0. The van der Waals surface area contributed by atoms with Crippen LogP contribution in [0.4, 0.5) is 10.5 Å². The van der Waals surface area contributed by atoms with E-state index in [0.29, 0.717) is 29.1 Å². The Morgan fingerprint density at radius 2 is 1.82 bits per heavy atom. The standard InChI is InChI=1S/C25H33N3O5/c1-25(2,3)33-24(32)28-12-11-18(15-7-5-4-6-8-15)21(28)22(29)26-17-9-10-19-16(13-17)14-20(27-19)23(30)31/h9-10,13-15,18,21,27H,4-8,11-12H2,1-3H3,(H,26,29)(H,30,31)/t18-,21-/m0/s1. The highest BCUT2D eigenvalue weighted by Gasteiger charge is 2.46. The molecule has 2 fully saturated rings. The predicted molar refractivity (Wildman–Crippen MR) is 125 cm³/mol. The van der Waals surface area contributed by atoms with Crippen LogP contribution < -0.4 is 5.32 Å². The number of rotatable bonds is 4. The van der Waals surface area contributed by atoms with Gasteiger partial charge in [-0.2, -0.15) is 0 Å². The molecule has 1 saturated carbocycles. The molecule has 0 unspecified atom stereocenters. The van der Waals surface area contributed by atoms with Gasteiger partial charge in [-0.15, -0.1) is 0 Å². The second-order valence-electron chi connectivity index (χ2n) is 10.2. The van der Waals surface area contributed by atoms with Gasteiger partial charge >= 0.3 is 12.1 Å². The molecule has 2 atom stereocenters. The van der Waals surface area contributed by atoms with Crippen molar-refractivity contribution in [3.05, 3.63) is 30.0 Å². The number of hydrogen-bond donors (Lipinski definition) is 3. The number of H-pyrrole nitrogens is 1. The number of carboxylic acid groups (broad SMARTS) is 1. The lowest BCUT2D eigenvalue weighted by molar-refractivity contribution is -0.122. The first-order valence-electron chi connectivity index (χ1n) is 11.8. The molecule has 2 amide bonds. The number of ether oxygens (including phenoxy) is 1. The second kappa shape index (κ2) is 9.08. The van der Waals surface area contributed by atoms with Crippen LogP contribution >= 0.6 is 0 Å². The Balaban J connectivity index is 1.57. The molecule has 1 aliphatic carbocycles. The molecule has 1 saturated heterocycles. The topological polar surface area (TPSA) is 112 Å². The summed E-state index contributed by atoms with van der Waals surface area (Å²) in [4.78, 5) is 42.2. The molecule has 8 nitrogen and oxygen atoms in total. The van der Waals surface area contributed by atoms with E-state index in [0.717, 1.165) is 32.1 Å². The van der Waals surface area contributed by atoms with E-state index >= 15 is 0 Å². The van der Waals surface area contributed by atoms with Crippen LogP contribution in [0, 0.1) is 11.8 Å². The maximum absolute atomic E-state index is 13.5. The van der Waals surface area contributed by atoms with Crippen molar-refractivity contribution in [2.45, 2.75) is 70.9 Å². The van der Waals surface area contributed by atoms with Gasteiger partial charge < -0.3 is 20.1 Å². The van der Waals surface area contributed by atoms with Gasteiger partial charge in [-0.25, -0.2) is 9.59 Å². The largest absolute Gasteiger partial charge is 0.477 e. The summed E-state index contributed by atoms with van der Waals surface area (Å²) in [6.45, 7) is 5.98. The Kier molecular flexibility index (Phi) is 6.36. The summed E-state index contributed by atoms with van der Waals surface area (Å²) in [7, 11) is 0. The van der Waals surface area contributed by atoms with E-state index in [1.807, 2.05) is 20.8 Å². The van der Waals surface area contributed by atoms with E-state index in [1.54, 1.807) is 29.2 Å². The third-order valence-corrected chi connectivity index (χ3v) is 6.72. The van der Waals surface area contributed by atoms with Gasteiger partial charge in [0.05, 0.1) is 0 Å². The number of anilines is 1. The summed E-state index contributed by atoms with van der Waals surface area (Å²) in [6, 6.07) is 6.19. The van der Waals surface area contributed by atoms with Crippen molar-refractivity contribution in [3.63, 3.8) is 0 Å². The van der Waals surface area contributed by atoms with Gasteiger partial charge in [0.25, 0.3) is 0 Å². The lowest BCUT2D eigenvalue weighted by Gasteiger charge is -2.34. The maximum Gasteiger partial charge on any atom is 0.410 e. The number of nitrogens with zero attached hydrogens (tertiary/aromatic N) is 1. The minimum atomic E-state index is -1.04. The molecule has 0 spiro atoms. The number of hydrogen-bond acceptors (Lipinski definition) is 4. The van der Waals surface area contributed by atoms with E-state index in [9.17, 15) is 19.5 Å². The van der Waals surface area contributed by atoms with E-state index in [-0.39, 0.29) is 17.5 Å². The van der Waals surface area contributed by atoms with Crippen LogP contribution in [-0.2, 0) is 9.53 Å². The molecule has 1 aliphatic heterocycles. The molecule has 178 valence electrons. The first kappa shape index (κ1) is 23.1. The number of fused-ring (bicyclic) bond motifs is 1. The molecule has 4 rings (SSSR count). The normalized spacial score (nSPS) is 21.8. The van der Waals surface area contributed by atoms with Crippen LogP contribution in [0.1, 0.15) is 69.8 Å². The third kappa shape index (κ3) is 5.15. The lowest BCUT2D eigenvalue weighted by atomic mass is 9.76. The average Bonchev–Trinajstić information content (AvgIpc) is 3.37. The Morgan fingerprint density at radius 1 is 1.09 bits per heavy atom. The van der Waals surface area contributed by atoms with Crippen LogP contribution in [-0.4, -0.2) is 51.1 Å². The van der Waals surface area contributed by atoms with Gasteiger partial charge in [0, 0.05) is 23.1 Å². The summed E-state index contributed by atoms with van der Waals surface area (Å²) in [5, 5.41) is 12.9. The molecule has 8 heteroatoms. The molecule has 2 aliphatic rings. The van der Waals surface area contributed by atoms with Gasteiger partial charge in [0.1, 0.15) is 17.3 Å². The van der Waals surface area contributed by atoms with Crippen molar-refractivity contribution >= 4 is 34.6 Å². The third-order valence-electron chi connectivity index (χ3n) is 6.72. The van der Waals surface area contributed by atoms with E-state index in [1.165, 1.54) is 6.42 Å². The van der Waals surface area contributed by atoms with Crippen LogP contribution in [0.2, 0.25) is 0 Å². The number of aromatic carboxylic acids is 1. The molecular formula is C25H33N3O5. The summed E-state index contributed by atoms with van der Waals surface area (Å²) in [5.74, 6) is -0.729. The fourth-order valence-electron chi connectivity index (χ4n) is 5.28. The second-order valence-corrected chi connectivity index (χ2v) is 10.2. The van der Waals surface area contributed by atoms with E-state index in [4.69, 9.17) is 4.74 Å². The van der Waals surface area contributed by atoms with Crippen LogP contribution in [0.3, 0.4) is 0 Å². The minimum absolute atomic E-state index is 0.0951. The number of aromatic amines is 1. The predicted octanol–water partition coefficient (Wildman–Crippen LogP) is 5.01. The van der Waals surface area contributed by atoms with Crippen molar-refractivity contribution in [1.29, 1.82) is 0 Å². The van der Waals surface area contributed by atoms with Gasteiger partial charge in [-0.05, 0) is 63.3 Å². The zero-order valence-electron chi connectivity index (χ0n) is 19.5. The van der Waals surface area contributed by atoms with Crippen LogP contribution in [0.15, 0.2) is 24.3 Å². The van der Waals surface area contributed by atoms with Gasteiger partial charge in [-0.1, -0.05) is 32.1 Å². The molecule has 1 aromatic carbocycles. The molecule has 2 aromatic rings. The molecule has 33 heavy (non-hydrogen) atoms. The molecule has 0 radical (unpaired) electrons. The number of carboxylic acids is 1. The molecule has 0 bridgehead atoms. The minimum Gasteiger partial charge on any atom is -0.477 e. The fraction of sp³-hybridized carbons (Fsp3) is 0.560. The zero-order valence-corrected chi connectivity index (χ0v) is 19.5. The SMILES string of the molecule is CC(C)(C)OC(=O)N1CC[C@@H](C2CCCCC2)[C@H]1C(=O)Nc1ccc2[nH]c(C(=O)O)cc2c1. The molecule has 1 aromatic heterocycles. The Hall–Kier alpha value is -3.03. The number of nitrogens with one attached hydrogen (secondary N) is 2. The van der Waals surface area contributed by atoms with Gasteiger partial charge in [0.2, 0.25) is 5.91 Å². The quantitative estimate of drug-likeness (QED) is 0.600. The van der Waals surface area contributed by atoms with Crippen molar-refractivity contribution in [2.24, 2.45) is 11.8 Å². The lowest BCUT2D eigenvalue weighted by Crippen LogP contribution is -2.49. The van der Waals surface area contributed by atoms with E-state index < -0.39 is 23.7 Å². The number of carbonyl (C=O) groups is 3. The number of likely N-dealkylation sites (tertiary alicyclic amines) is 1. The van der Waals surface area contributed by atoms with E-state index in [2.05, 4.69) is 10.3 Å². The van der Waals surface area contributed by atoms with Crippen molar-refractivity contribution in [3.8, 4) is 0 Å². The Bertz CT molecular complexity index is 1050. The summed E-state index contributed by atoms with van der Waals surface area (Å²) in [6.07, 6.45) is 6.07. The number of amides is 2. The maximum atomic E-state index is 13.5. The van der Waals surface area contributed by atoms with Crippen LogP contribution in [0.5, 0.6) is 0 Å². The first-order valence-corrected chi connectivity index (χ1v) is 11.8. The summed E-state index contributed by atoms with van der Waals surface area (Å²) < 4.78 is 5.62. The molecule has 3 N–H and O–H groups in total. The van der Waals surface area contributed by atoms with Crippen LogP contribution in [0.25, 0.3) is 10.9 Å². The number of aromatic nitrogens is 1. The highest BCUT2D eigenvalue weighted by Crippen LogP contribution is 2.40. The smallest absolute Gasteiger partial charge is 0.410 e. The average molecular weight is 456 g/mol. The fourth-order valence-corrected chi connectivity index (χ4v) is 5.28. The van der Waals surface area contributed by atoms with Crippen molar-refractivity contribution in [1.82, 2.24) is 9.88 Å². The first-order chi connectivity index (χ1) is 15.6. The van der Waals surface area contributed by atoms with Crippen molar-refractivity contribution < 1.29 is 24.2 Å². The van der Waals surface area contributed by atoms with Gasteiger partial charge in [0.15, 0.2) is 0 Å². The van der Waals surface area contributed by atoms with Crippen molar-refractivity contribution in [2.75, 3.05) is 11.9 Å². The Labute approximate surface area is 193 Å². The Morgan fingerprint density at radius 3 is 2.48 bits per heavy atom. The zero-order chi connectivity index (χ0) is 23.8. The highest BCUT2D eigenvalue weighted by atomic mass is 16.6. The molecular weight excluding hydrogens is 422 g/mol. The summed E-state index contributed by atoms with van der Waals surface area (Å²) in [5.41, 5.74) is 0.712. The number of carbonyl (C=O) groups excluding carboxylic acids is 2. The highest BCUT2D eigenvalue weighted by molar-refractivity contribution is 6.00. The monoisotopic (exact) mass is 455 g/mol.